The number of hydrogen-bond donors (Lipinski definition) is 0. The molecule has 3 heterocycles. The van der Waals surface area contributed by atoms with Crippen molar-refractivity contribution in [2.45, 2.75) is 20.3 Å². The number of rotatable bonds is 3. The number of carbonyl (C=O) groups excluding carboxylic acids is 2. The van der Waals surface area contributed by atoms with Crippen LogP contribution in [0, 0.1) is 6.92 Å². The molecular formula is C18H17N3O3S. The average Bonchev–Trinajstić information content (AvgIpc) is 3.11. The average molecular weight is 355 g/mol. The maximum Gasteiger partial charge on any atom is 0.264 e. The summed E-state index contributed by atoms with van der Waals surface area (Å²) in [6.07, 6.45) is 1.69. The van der Waals surface area contributed by atoms with Crippen LogP contribution in [0.4, 0.5) is 5.69 Å². The van der Waals surface area contributed by atoms with E-state index in [1.54, 1.807) is 23.3 Å². The molecule has 0 aliphatic carbocycles. The molecule has 7 heteroatoms. The van der Waals surface area contributed by atoms with E-state index in [1.807, 2.05) is 29.5 Å². The number of carbonyl (C=O) groups is 2. The van der Waals surface area contributed by atoms with E-state index in [9.17, 15) is 9.59 Å². The van der Waals surface area contributed by atoms with Crippen molar-refractivity contribution < 1.29 is 14.3 Å². The summed E-state index contributed by atoms with van der Waals surface area (Å²) in [5.74, 6) is 0.607. The van der Waals surface area contributed by atoms with E-state index in [1.165, 1.54) is 0 Å². The van der Waals surface area contributed by atoms with Crippen LogP contribution in [0.2, 0.25) is 0 Å². The quantitative estimate of drug-likeness (QED) is 0.677. The van der Waals surface area contributed by atoms with Gasteiger partial charge in [0.15, 0.2) is 17.9 Å². The minimum atomic E-state index is -0.0807. The first-order valence-corrected chi connectivity index (χ1v) is 8.86. The van der Waals surface area contributed by atoms with Crippen LogP contribution in [0.25, 0.3) is 16.2 Å². The first-order valence-electron chi connectivity index (χ1n) is 8.04. The number of imidazole rings is 1. The molecule has 0 fully saturated rings. The highest BCUT2D eigenvalue weighted by Gasteiger charge is 2.25. The Balaban J connectivity index is 1.99. The van der Waals surface area contributed by atoms with Gasteiger partial charge in [0.2, 0.25) is 0 Å². The van der Waals surface area contributed by atoms with Crippen molar-refractivity contribution in [2.75, 3.05) is 18.6 Å². The Morgan fingerprint density at radius 3 is 2.92 bits per heavy atom. The fraction of sp³-hybridized carbons (Fsp3) is 0.278. The van der Waals surface area contributed by atoms with Crippen molar-refractivity contribution in [3.63, 3.8) is 0 Å². The number of nitrogens with zero attached hydrogens (tertiary/aromatic N) is 3. The molecule has 1 aliphatic heterocycles. The number of thiazole rings is 1. The Morgan fingerprint density at radius 2 is 2.20 bits per heavy atom. The zero-order valence-electron chi connectivity index (χ0n) is 14.2. The number of likely N-dealkylation sites (N-methyl/N-ethyl adjacent to an activating group) is 1. The number of aromatic nitrogens is 2. The van der Waals surface area contributed by atoms with Gasteiger partial charge in [-0.3, -0.25) is 14.0 Å². The van der Waals surface area contributed by atoms with E-state index in [2.05, 4.69) is 11.9 Å². The molecule has 25 heavy (non-hydrogen) atoms. The number of anilines is 1. The minimum Gasteiger partial charge on any atom is -0.482 e. The van der Waals surface area contributed by atoms with Gasteiger partial charge in [0.25, 0.3) is 5.91 Å². The first kappa shape index (κ1) is 15.8. The fourth-order valence-electron chi connectivity index (χ4n) is 3.17. The molecule has 128 valence electrons. The molecule has 3 aromatic rings. The Morgan fingerprint density at radius 1 is 1.40 bits per heavy atom. The summed E-state index contributed by atoms with van der Waals surface area (Å²) < 4.78 is 7.42. The van der Waals surface area contributed by atoms with Crippen LogP contribution in [-0.4, -0.2) is 35.2 Å². The largest absolute Gasteiger partial charge is 0.482 e. The van der Waals surface area contributed by atoms with Crippen molar-refractivity contribution in [3.05, 3.63) is 34.5 Å². The molecule has 0 radical (unpaired) electrons. The normalized spacial score (nSPS) is 13.9. The second-order valence-electron chi connectivity index (χ2n) is 5.97. The van der Waals surface area contributed by atoms with E-state index < -0.39 is 0 Å². The van der Waals surface area contributed by atoms with E-state index in [4.69, 9.17) is 4.74 Å². The summed E-state index contributed by atoms with van der Waals surface area (Å²) in [5.41, 5.74) is 3.92. The molecule has 2 aromatic heterocycles. The van der Waals surface area contributed by atoms with Crippen LogP contribution in [0.5, 0.6) is 5.75 Å². The van der Waals surface area contributed by atoms with Gasteiger partial charge in [0.05, 0.1) is 17.1 Å². The Hall–Kier alpha value is -2.67. The molecule has 0 spiro atoms. The predicted molar refractivity (Wildman–Crippen MR) is 96.9 cm³/mol. The highest BCUT2D eigenvalue weighted by Crippen LogP contribution is 2.39. The zero-order chi connectivity index (χ0) is 17.7. The zero-order valence-corrected chi connectivity index (χ0v) is 15.0. The maximum atomic E-state index is 11.9. The summed E-state index contributed by atoms with van der Waals surface area (Å²) in [4.78, 5) is 31.6. The van der Waals surface area contributed by atoms with Crippen LogP contribution >= 0.6 is 11.3 Å². The van der Waals surface area contributed by atoms with E-state index in [-0.39, 0.29) is 12.5 Å². The number of fused-ring (bicyclic) bond motifs is 2. The number of hydrogen-bond acceptors (Lipinski definition) is 5. The lowest BCUT2D eigenvalue weighted by Crippen LogP contribution is -2.35. The van der Waals surface area contributed by atoms with Gasteiger partial charge in [0.1, 0.15) is 11.4 Å². The highest BCUT2D eigenvalue weighted by atomic mass is 32.1. The molecular weight excluding hydrogens is 338 g/mol. The number of aldehydes is 1. The molecule has 1 aromatic carbocycles. The number of aryl methyl sites for hydroxylation is 2. The van der Waals surface area contributed by atoms with E-state index in [0.717, 1.165) is 45.2 Å². The molecule has 6 nitrogen and oxygen atoms in total. The van der Waals surface area contributed by atoms with Gasteiger partial charge >= 0.3 is 0 Å². The monoisotopic (exact) mass is 355 g/mol. The molecule has 0 atom stereocenters. The van der Waals surface area contributed by atoms with Gasteiger partial charge in [-0.25, -0.2) is 4.98 Å². The van der Waals surface area contributed by atoms with E-state index >= 15 is 0 Å². The molecule has 0 unspecified atom stereocenters. The Kier molecular flexibility index (Phi) is 3.61. The fourth-order valence-corrected chi connectivity index (χ4v) is 4.30. The van der Waals surface area contributed by atoms with Gasteiger partial charge < -0.3 is 9.64 Å². The number of benzene rings is 1. The van der Waals surface area contributed by atoms with Crippen LogP contribution in [-0.2, 0) is 11.2 Å². The maximum absolute atomic E-state index is 11.9. The molecule has 1 amide bonds. The van der Waals surface area contributed by atoms with Crippen molar-refractivity contribution in [2.24, 2.45) is 0 Å². The lowest BCUT2D eigenvalue weighted by atomic mass is 10.1. The molecule has 0 saturated carbocycles. The van der Waals surface area contributed by atoms with Gasteiger partial charge in [0, 0.05) is 17.5 Å². The SMILES string of the molecule is CCc1sc2nc(C)c(C=O)n2c1-c1ccc2c(c1)N(C)C(=O)CO2. The smallest absolute Gasteiger partial charge is 0.264 e. The topological polar surface area (TPSA) is 63.9 Å². The lowest BCUT2D eigenvalue weighted by molar-refractivity contribution is -0.120. The minimum absolute atomic E-state index is 0.0573. The molecule has 0 bridgehead atoms. The summed E-state index contributed by atoms with van der Waals surface area (Å²) in [6, 6.07) is 5.78. The summed E-state index contributed by atoms with van der Waals surface area (Å²) in [5, 5.41) is 0. The van der Waals surface area contributed by atoms with Gasteiger partial charge in [-0.15, -0.1) is 11.3 Å². The van der Waals surface area contributed by atoms with Crippen molar-refractivity contribution in [3.8, 4) is 17.0 Å². The summed E-state index contributed by atoms with van der Waals surface area (Å²) in [6.45, 7) is 3.98. The third kappa shape index (κ3) is 2.26. The predicted octanol–water partition coefficient (Wildman–Crippen LogP) is 3.10. The molecule has 0 N–H and O–H groups in total. The van der Waals surface area contributed by atoms with Gasteiger partial charge in [-0.1, -0.05) is 6.92 Å². The van der Waals surface area contributed by atoms with Crippen molar-refractivity contribution >= 4 is 34.2 Å². The third-order valence-electron chi connectivity index (χ3n) is 4.52. The lowest BCUT2D eigenvalue weighted by Gasteiger charge is -2.26. The van der Waals surface area contributed by atoms with E-state index in [0.29, 0.717) is 11.4 Å². The van der Waals surface area contributed by atoms with Crippen molar-refractivity contribution in [1.82, 2.24) is 9.38 Å². The molecule has 4 rings (SSSR count). The summed E-state index contributed by atoms with van der Waals surface area (Å²) >= 11 is 1.59. The number of amides is 1. The molecule has 1 aliphatic rings. The second-order valence-corrected chi connectivity index (χ2v) is 7.03. The number of ether oxygens (including phenoxy) is 1. The van der Waals surface area contributed by atoms with Crippen LogP contribution in [0.15, 0.2) is 18.2 Å². The standard InChI is InChI=1S/C18H17N3O3S/c1-4-15-17(21-13(8-22)10(2)19-18(21)25-15)11-5-6-14-12(7-11)20(3)16(23)9-24-14/h5-8H,4,9H2,1-3H3. The van der Waals surface area contributed by atoms with Gasteiger partial charge in [-0.05, 0) is 31.5 Å². The Bertz CT molecular complexity index is 1020. The summed E-state index contributed by atoms with van der Waals surface area (Å²) in [7, 11) is 1.75. The second kappa shape index (κ2) is 5.70. The van der Waals surface area contributed by atoms with Crippen LogP contribution < -0.4 is 9.64 Å². The van der Waals surface area contributed by atoms with Crippen molar-refractivity contribution in [1.29, 1.82) is 0 Å². The molecule has 0 saturated heterocycles. The van der Waals surface area contributed by atoms with Gasteiger partial charge in [-0.2, -0.15) is 0 Å². The first-order chi connectivity index (χ1) is 12.0. The Labute approximate surface area is 148 Å². The van der Waals surface area contributed by atoms with Crippen LogP contribution in [0.1, 0.15) is 28.0 Å². The van der Waals surface area contributed by atoms with Crippen LogP contribution in [0.3, 0.4) is 0 Å². The third-order valence-corrected chi connectivity index (χ3v) is 5.71. The highest BCUT2D eigenvalue weighted by molar-refractivity contribution is 7.17.